The highest BCUT2D eigenvalue weighted by atomic mass is 16.5. The average molecular weight is 270 g/mol. The first kappa shape index (κ1) is 13.4. The van der Waals surface area contributed by atoms with Crippen LogP contribution < -0.4 is 10.1 Å². The zero-order valence-electron chi connectivity index (χ0n) is 12.0. The van der Waals surface area contributed by atoms with Gasteiger partial charge in [0.15, 0.2) is 0 Å². The van der Waals surface area contributed by atoms with Crippen LogP contribution >= 0.6 is 0 Å². The van der Waals surface area contributed by atoms with Gasteiger partial charge in [-0.2, -0.15) is 0 Å². The molecule has 3 rings (SSSR count). The molecule has 0 spiro atoms. The fourth-order valence-electron chi connectivity index (χ4n) is 3.19. The van der Waals surface area contributed by atoms with Crippen molar-refractivity contribution in [2.24, 2.45) is 5.92 Å². The predicted octanol–water partition coefficient (Wildman–Crippen LogP) is 3.39. The number of hydrogen-bond acceptors (Lipinski definition) is 3. The van der Waals surface area contributed by atoms with Crippen molar-refractivity contribution in [1.29, 1.82) is 0 Å². The Morgan fingerprint density at radius 3 is 2.85 bits per heavy atom. The van der Waals surface area contributed by atoms with Gasteiger partial charge in [0, 0.05) is 17.6 Å². The summed E-state index contributed by atoms with van der Waals surface area (Å²) in [6.45, 7) is 0.719. The second kappa shape index (κ2) is 6.23. The Balaban J connectivity index is 1.72. The van der Waals surface area contributed by atoms with Crippen LogP contribution in [0.1, 0.15) is 25.7 Å². The summed E-state index contributed by atoms with van der Waals surface area (Å²) in [6.07, 6.45) is 7.18. The van der Waals surface area contributed by atoms with Crippen LogP contribution in [0.3, 0.4) is 0 Å². The summed E-state index contributed by atoms with van der Waals surface area (Å²) >= 11 is 0. The van der Waals surface area contributed by atoms with Gasteiger partial charge in [-0.1, -0.05) is 31.0 Å². The Morgan fingerprint density at radius 2 is 2.05 bits per heavy atom. The lowest BCUT2D eigenvalue weighted by atomic mass is 9.99. The minimum absolute atomic E-state index is 0.441. The first-order valence-corrected chi connectivity index (χ1v) is 7.52. The molecule has 2 aromatic rings. The van der Waals surface area contributed by atoms with Crippen LogP contribution in [0.2, 0.25) is 0 Å². The second-order valence-electron chi connectivity index (χ2n) is 5.58. The minimum Gasteiger partial charge on any atom is -0.490 e. The van der Waals surface area contributed by atoms with Gasteiger partial charge in [0.2, 0.25) is 0 Å². The van der Waals surface area contributed by atoms with E-state index in [-0.39, 0.29) is 0 Å². The van der Waals surface area contributed by atoms with E-state index in [0.717, 1.165) is 29.2 Å². The van der Waals surface area contributed by atoms with Crippen LogP contribution in [0.15, 0.2) is 36.5 Å². The number of nitrogens with zero attached hydrogens (tertiary/aromatic N) is 1. The Kier molecular flexibility index (Phi) is 4.16. The molecule has 1 fully saturated rings. The number of para-hydroxylation sites is 1. The number of benzene rings is 1. The van der Waals surface area contributed by atoms with Crippen molar-refractivity contribution in [3.05, 3.63) is 36.5 Å². The molecular weight excluding hydrogens is 248 g/mol. The van der Waals surface area contributed by atoms with Gasteiger partial charge in [-0.05, 0) is 37.9 Å². The molecule has 1 heterocycles. The van der Waals surface area contributed by atoms with E-state index in [1.165, 1.54) is 25.7 Å². The van der Waals surface area contributed by atoms with E-state index in [2.05, 4.69) is 22.4 Å². The van der Waals surface area contributed by atoms with E-state index in [1.807, 2.05) is 31.4 Å². The third-order valence-corrected chi connectivity index (χ3v) is 4.35. The molecule has 1 unspecified atom stereocenters. The van der Waals surface area contributed by atoms with Crippen molar-refractivity contribution >= 4 is 10.9 Å². The first-order valence-electron chi connectivity index (χ1n) is 7.52. The lowest BCUT2D eigenvalue weighted by molar-refractivity contribution is 0.226. The molecule has 1 aliphatic rings. The number of hydrogen-bond donors (Lipinski definition) is 1. The van der Waals surface area contributed by atoms with Crippen LogP contribution in [-0.4, -0.2) is 24.7 Å². The van der Waals surface area contributed by atoms with Crippen molar-refractivity contribution in [3.8, 4) is 5.75 Å². The summed E-state index contributed by atoms with van der Waals surface area (Å²) in [5, 5.41) is 4.55. The molecule has 1 atom stereocenters. The van der Waals surface area contributed by atoms with Crippen LogP contribution in [0.5, 0.6) is 5.75 Å². The molecule has 1 N–H and O–H groups in total. The Morgan fingerprint density at radius 1 is 1.25 bits per heavy atom. The topological polar surface area (TPSA) is 34.1 Å². The summed E-state index contributed by atoms with van der Waals surface area (Å²) < 4.78 is 6.06. The second-order valence-corrected chi connectivity index (χ2v) is 5.58. The van der Waals surface area contributed by atoms with Crippen LogP contribution in [0.25, 0.3) is 10.9 Å². The van der Waals surface area contributed by atoms with Gasteiger partial charge in [0.1, 0.15) is 17.9 Å². The molecular formula is C17H22N2O. The SMILES string of the molecule is CNC(COc1cccc2cccnc12)C1CCCC1. The van der Waals surface area contributed by atoms with Gasteiger partial charge in [0.05, 0.1) is 0 Å². The van der Waals surface area contributed by atoms with Gasteiger partial charge in [0.25, 0.3) is 0 Å². The highest BCUT2D eigenvalue weighted by Gasteiger charge is 2.24. The quantitative estimate of drug-likeness (QED) is 0.904. The summed E-state index contributed by atoms with van der Waals surface area (Å²) in [5.74, 6) is 1.64. The van der Waals surface area contributed by atoms with Gasteiger partial charge in [-0.25, -0.2) is 0 Å². The molecule has 20 heavy (non-hydrogen) atoms. The van der Waals surface area contributed by atoms with Gasteiger partial charge < -0.3 is 10.1 Å². The van der Waals surface area contributed by atoms with E-state index in [9.17, 15) is 0 Å². The van der Waals surface area contributed by atoms with Gasteiger partial charge in [-0.15, -0.1) is 0 Å². The van der Waals surface area contributed by atoms with Crippen molar-refractivity contribution in [2.45, 2.75) is 31.7 Å². The highest BCUT2D eigenvalue weighted by Crippen LogP contribution is 2.29. The number of pyridine rings is 1. The smallest absolute Gasteiger partial charge is 0.145 e. The summed E-state index contributed by atoms with van der Waals surface area (Å²) in [6, 6.07) is 10.6. The minimum atomic E-state index is 0.441. The van der Waals surface area contributed by atoms with E-state index in [1.54, 1.807) is 0 Å². The lowest BCUT2D eigenvalue weighted by Gasteiger charge is -2.23. The monoisotopic (exact) mass is 270 g/mol. The van der Waals surface area contributed by atoms with Crippen molar-refractivity contribution < 1.29 is 4.74 Å². The molecule has 106 valence electrons. The molecule has 0 radical (unpaired) electrons. The standard InChI is InChI=1S/C17H22N2O/c1-18-15(13-6-2-3-7-13)12-20-16-10-4-8-14-9-5-11-19-17(14)16/h4-5,8-11,13,15,18H,2-3,6-7,12H2,1H3. The van der Waals surface area contributed by atoms with Crippen molar-refractivity contribution in [3.63, 3.8) is 0 Å². The number of likely N-dealkylation sites (N-methyl/N-ethyl adjacent to an activating group) is 1. The molecule has 1 aromatic carbocycles. The third kappa shape index (κ3) is 2.78. The number of fused-ring (bicyclic) bond motifs is 1. The molecule has 0 aliphatic heterocycles. The first-order chi connectivity index (χ1) is 9.88. The highest BCUT2D eigenvalue weighted by molar-refractivity contribution is 5.84. The Labute approximate surface area is 120 Å². The van der Waals surface area contributed by atoms with E-state index in [4.69, 9.17) is 4.74 Å². The van der Waals surface area contributed by atoms with E-state index >= 15 is 0 Å². The fourth-order valence-corrected chi connectivity index (χ4v) is 3.19. The summed E-state index contributed by atoms with van der Waals surface area (Å²) in [5.41, 5.74) is 0.955. The molecule has 3 heteroatoms. The number of rotatable bonds is 5. The maximum Gasteiger partial charge on any atom is 0.145 e. The lowest BCUT2D eigenvalue weighted by Crippen LogP contribution is -2.37. The number of ether oxygens (including phenoxy) is 1. The maximum absolute atomic E-state index is 6.06. The fraction of sp³-hybridized carbons (Fsp3) is 0.471. The molecule has 0 bridgehead atoms. The summed E-state index contributed by atoms with van der Waals surface area (Å²) in [4.78, 5) is 4.44. The number of aromatic nitrogens is 1. The molecule has 3 nitrogen and oxygen atoms in total. The van der Waals surface area contributed by atoms with Gasteiger partial charge in [-0.3, -0.25) is 4.98 Å². The molecule has 1 saturated carbocycles. The zero-order chi connectivity index (χ0) is 13.8. The zero-order valence-corrected chi connectivity index (χ0v) is 12.0. The largest absolute Gasteiger partial charge is 0.490 e. The molecule has 0 saturated heterocycles. The Bertz CT molecular complexity index is 558. The normalized spacial score (nSPS) is 17.4. The van der Waals surface area contributed by atoms with Crippen LogP contribution in [0.4, 0.5) is 0 Å². The Hall–Kier alpha value is -1.61. The van der Waals surface area contributed by atoms with E-state index < -0.39 is 0 Å². The van der Waals surface area contributed by atoms with E-state index in [0.29, 0.717) is 6.04 Å². The molecule has 0 amide bonds. The van der Waals surface area contributed by atoms with Gasteiger partial charge >= 0.3 is 0 Å². The average Bonchev–Trinajstić information content (AvgIpc) is 3.02. The van der Waals surface area contributed by atoms with Crippen LogP contribution in [0, 0.1) is 5.92 Å². The summed E-state index contributed by atoms with van der Waals surface area (Å²) in [7, 11) is 2.04. The predicted molar refractivity (Wildman–Crippen MR) is 82.0 cm³/mol. The van der Waals surface area contributed by atoms with Crippen molar-refractivity contribution in [1.82, 2.24) is 10.3 Å². The molecule has 1 aliphatic carbocycles. The maximum atomic E-state index is 6.06. The number of nitrogens with one attached hydrogen (secondary N) is 1. The third-order valence-electron chi connectivity index (χ3n) is 4.35. The molecule has 1 aromatic heterocycles. The van der Waals surface area contributed by atoms with Crippen molar-refractivity contribution in [2.75, 3.05) is 13.7 Å². The van der Waals surface area contributed by atoms with Crippen LogP contribution in [-0.2, 0) is 0 Å².